The third kappa shape index (κ3) is 3.06. The quantitative estimate of drug-likeness (QED) is 0.691. The molecule has 18 heavy (non-hydrogen) atoms. The normalized spacial score (nSPS) is 38.1. The Morgan fingerprint density at radius 3 is 2.22 bits per heavy atom. The van der Waals surface area contributed by atoms with Crippen molar-refractivity contribution in [3.8, 4) is 6.07 Å². The Bertz CT molecular complexity index is 294. The fourth-order valence-corrected chi connectivity index (χ4v) is 4.07. The second-order valence-electron chi connectivity index (χ2n) is 6.44. The summed E-state index contributed by atoms with van der Waals surface area (Å²) in [6.07, 6.45) is 11.7. The molecule has 2 heteroatoms. The van der Waals surface area contributed by atoms with Crippen LogP contribution in [-0.2, 0) is 0 Å². The lowest BCUT2D eigenvalue weighted by Crippen LogP contribution is -2.47. The summed E-state index contributed by atoms with van der Waals surface area (Å²) in [5.41, 5.74) is 0. The fraction of sp³-hybridized carbons (Fsp3) is 0.938. The van der Waals surface area contributed by atoms with Gasteiger partial charge < -0.3 is 0 Å². The van der Waals surface area contributed by atoms with Crippen molar-refractivity contribution in [2.45, 2.75) is 76.8 Å². The van der Waals surface area contributed by atoms with Gasteiger partial charge in [-0.25, -0.2) is 0 Å². The van der Waals surface area contributed by atoms with Gasteiger partial charge in [0.2, 0.25) is 0 Å². The van der Waals surface area contributed by atoms with Crippen molar-refractivity contribution >= 4 is 0 Å². The third-order valence-corrected chi connectivity index (χ3v) is 5.26. The van der Waals surface area contributed by atoms with Gasteiger partial charge in [-0.3, -0.25) is 4.90 Å². The smallest absolute Gasteiger partial charge is 0.0672 e. The van der Waals surface area contributed by atoms with Gasteiger partial charge in [0.15, 0.2) is 0 Å². The van der Waals surface area contributed by atoms with Crippen LogP contribution in [0.3, 0.4) is 0 Å². The molecule has 0 radical (unpaired) electrons. The Balaban J connectivity index is 2.04. The fourth-order valence-electron chi connectivity index (χ4n) is 4.07. The van der Waals surface area contributed by atoms with E-state index < -0.39 is 0 Å². The molecule has 2 saturated carbocycles. The van der Waals surface area contributed by atoms with E-state index in [1.165, 1.54) is 51.4 Å². The van der Waals surface area contributed by atoms with Crippen molar-refractivity contribution in [1.82, 2.24) is 4.90 Å². The Morgan fingerprint density at radius 2 is 1.50 bits per heavy atom. The molecule has 2 nitrogen and oxygen atoms in total. The minimum atomic E-state index is 0.270. The lowest BCUT2D eigenvalue weighted by atomic mass is 9.83. The predicted octanol–water partition coefficient (Wildman–Crippen LogP) is 3.97. The Morgan fingerprint density at radius 1 is 0.889 bits per heavy atom. The molecule has 0 N–H and O–H groups in total. The molecule has 4 atom stereocenters. The van der Waals surface area contributed by atoms with E-state index in [9.17, 15) is 5.26 Å². The van der Waals surface area contributed by atoms with Crippen LogP contribution in [0.15, 0.2) is 0 Å². The summed E-state index contributed by atoms with van der Waals surface area (Å²) in [5, 5.41) is 9.42. The second kappa shape index (κ2) is 6.57. The highest BCUT2D eigenvalue weighted by molar-refractivity contribution is 4.96. The molecular formula is C16H28N2. The summed E-state index contributed by atoms with van der Waals surface area (Å²) in [7, 11) is 2.28. The van der Waals surface area contributed by atoms with Crippen molar-refractivity contribution in [2.24, 2.45) is 11.8 Å². The summed E-state index contributed by atoms with van der Waals surface area (Å²) in [4.78, 5) is 2.59. The molecule has 0 amide bonds. The molecule has 2 rings (SSSR count). The van der Waals surface area contributed by atoms with Gasteiger partial charge in [0, 0.05) is 12.1 Å². The van der Waals surface area contributed by atoms with Gasteiger partial charge in [0.1, 0.15) is 0 Å². The predicted molar refractivity (Wildman–Crippen MR) is 75.2 cm³/mol. The van der Waals surface area contributed by atoms with Crippen molar-refractivity contribution < 1.29 is 0 Å². The van der Waals surface area contributed by atoms with Gasteiger partial charge in [0.05, 0.1) is 12.0 Å². The summed E-state index contributed by atoms with van der Waals surface area (Å²) in [6, 6.07) is 3.82. The third-order valence-electron chi connectivity index (χ3n) is 5.26. The van der Waals surface area contributed by atoms with Crippen LogP contribution in [-0.4, -0.2) is 24.0 Å². The van der Waals surface area contributed by atoms with Crippen LogP contribution in [0.2, 0.25) is 0 Å². The minimum Gasteiger partial charge on any atom is -0.299 e. The molecule has 0 aromatic carbocycles. The van der Waals surface area contributed by atoms with Crippen LogP contribution in [0.5, 0.6) is 0 Å². The molecule has 0 aromatic rings. The largest absolute Gasteiger partial charge is 0.299 e. The van der Waals surface area contributed by atoms with Gasteiger partial charge in [-0.1, -0.05) is 39.0 Å². The van der Waals surface area contributed by atoms with E-state index in [1.54, 1.807) is 0 Å². The highest BCUT2D eigenvalue weighted by Crippen LogP contribution is 2.33. The van der Waals surface area contributed by atoms with E-state index in [0.29, 0.717) is 6.04 Å². The van der Waals surface area contributed by atoms with Gasteiger partial charge in [-0.2, -0.15) is 5.26 Å². The summed E-state index contributed by atoms with van der Waals surface area (Å²) in [5.74, 6) is 1.08. The van der Waals surface area contributed by atoms with Gasteiger partial charge in [-0.05, 0) is 38.6 Å². The van der Waals surface area contributed by atoms with E-state index in [0.717, 1.165) is 18.4 Å². The second-order valence-corrected chi connectivity index (χ2v) is 6.44. The zero-order valence-electron chi connectivity index (χ0n) is 12.1. The molecule has 0 aliphatic heterocycles. The monoisotopic (exact) mass is 248 g/mol. The van der Waals surface area contributed by atoms with Crippen molar-refractivity contribution in [3.05, 3.63) is 0 Å². The van der Waals surface area contributed by atoms with Crippen molar-refractivity contribution in [2.75, 3.05) is 7.05 Å². The molecular weight excluding hydrogens is 220 g/mol. The number of nitriles is 1. The van der Waals surface area contributed by atoms with Crippen LogP contribution in [0, 0.1) is 23.2 Å². The average molecular weight is 248 g/mol. The van der Waals surface area contributed by atoms with Gasteiger partial charge in [0.25, 0.3) is 0 Å². The zero-order valence-corrected chi connectivity index (χ0v) is 12.1. The van der Waals surface area contributed by atoms with Gasteiger partial charge in [-0.15, -0.1) is 0 Å². The molecule has 2 aliphatic rings. The number of hydrogen-bond donors (Lipinski definition) is 0. The lowest BCUT2D eigenvalue weighted by Gasteiger charge is -2.42. The topological polar surface area (TPSA) is 27.0 Å². The maximum Gasteiger partial charge on any atom is 0.0672 e. The zero-order chi connectivity index (χ0) is 13.0. The average Bonchev–Trinajstić information content (AvgIpc) is 2.63. The highest BCUT2D eigenvalue weighted by Gasteiger charge is 2.33. The molecule has 0 bridgehead atoms. The van der Waals surface area contributed by atoms with E-state index >= 15 is 0 Å². The summed E-state index contributed by atoms with van der Waals surface area (Å²) < 4.78 is 0. The first-order valence-electron chi connectivity index (χ1n) is 7.85. The van der Waals surface area contributed by atoms with Gasteiger partial charge >= 0.3 is 0 Å². The molecule has 102 valence electrons. The first-order chi connectivity index (χ1) is 8.74. The molecule has 0 aromatic heterocycles. The van der Waals surface area contributed by atoms with E-state index in [1.807, 2.05) is 0 Å². The van der Waals surface area contributed by atoms with Crippen molar-refractivity contribution in [3.63, 3.8) is 0 Å². The highest BCUT2D eigenvalue weighted by atomic mass is 15.2. The molecule has 2 aliphatic carbocycles. The molecule has 2 fully saturated rings. The summed E-state index contributed by atoms with van der Waals surface area (Å²) in [6.45, 7) is 2.40. The van der Waals surface area contributed by atoms with Crippen LogP contribution in [0.25, 0.3) is 0 Å². The maximum absolute atomic E-state index is 9.42. The van der Waals surface area contributed by atoms with Crippen LogP contribution in [0.1, 0.15) is 64.7 Å². The molecule has 4 unspecified atom stereocenters. The number of nitrogens with zero attached hydrogens (tertiary/aromatic N) is 2. The Hall–Kier alpha value is -0.550. The van der Waals surface area contributed by atoms with Crippen LogP contribution in [0.4, 0.5) is 0 Å². The summed E-state index contributed by atoms with van der Waals surface area (Å²) >= 11 is 0. The lowest BCUT2D eigenvalue weighted by molar-refractivity contribution is 0.0744. The maximum atomic E-state index is 9.42. The van der Waals surface area contributed by atoms with Crippen molar-refractivity contribution in [1.29, 1.82) is 5.26 Å². The minimum absolute atomic E-state index is 0.270. The van der Waals surface area contributed by atoms with Crippen LogP contribution >= 0.6 is 0 Å². The Labute approximate surface area is 112 Å². The van der Waals surface area contributed by atoms with E-state index in [-0.39, 0.29) is 5.92 Å². The molecule has 0 saturated heterocycles. The number of hydrogen-bond acceptors (Lipinski definition) is 2. The molecule has 0 spiro atoms. The van der Waals surface area contributed by atoms with Crippen LogP contribution < -0.4 is 0 Å². The standard InChI is InChI=1S/C16H28N2/c1-13-8-6-7-10-15(13)18(2)16-11-5-3-4-9-14(16)12-17/h13-16H,3-11H2,1-2H3. The Kier molecular flexibility index (Phi) is 5.06. The first-order valence-corrected chi connectivity index (χ1v) is 7.85. The molecule has 0 heterocycles. The number of rotatable bonds is 2. The van der Waals surface area contributed by atoms with E-state index in [4.69, 9.17) is 0 Å². The SMILES string of the molecule is CC1CCCCC1N(C)C1CCCCCC1C#N. The first kappa shape index (κ1) is 13.9. The van der Waals surface area contributed by atoms with E-state index in [2.05, 4.69) is 24.9 Å².